The Bertz CT molecular complexity index is 875. The number of hydrogen-bond acceptors (Lipinski definition) is 3. The Kier molecular flexibility index (Phi) is 3.53. The summed E-state index contributed by atoms with van der Waals surface area (Å²) in [5.74, 6) is 0.785. The molecule has 1 aliphatic rings. The van der Waals surface area contributed by atoms with Crippen molar-refractivity contribution >= 4 is 34.7 Å². The van der Waals surface area contributed by atoms with Crippen LogP contribution in [0.1, 0.15) is 0 Å². The predicted octanol–water partition coefficient (Wildman–Crippen LogP) is 3.31. The maximum atomic E-state index is 12.9. The lowest BCUT2D eigenvalue weighted by Crippen LogP contribution is -2.30. The molecule has 2 aromatic carbocycles. The second-order valence-electron chi connectivity index (χ2n) is 5.34. The molecule has 0 bridgehead atoms. The van der Waals surface area contributed by atoms with Crippen molar-refractivity contribution in [3.05, 3.63) is 54.3 Å². The van der Waals surface area contributed by atoms with Crippen LogP contribution < -0.4 is 4.90 Å². The topological polar surface area (TPSA) is 38.1 Å². The van der Waals surface area contributed by atoms with Crippen molar-refractivity contribution in [3.8, 4) is 0 Å². The third kappa shape index (κ3) is 2.59. The number of nitrogens with zero attached hydrogens (tertiary/aromatic N) is 3. The lowest BCUT2D eigenvalue weighted by molar-refractivity contribution is -0.116. The van der Waals surface area contributed by atoms with E-state index >= 15 is 0 Å². The van der Waals surface area contributed by atoms with Crippen LogP contribution in [0.15, 0.2) is 53.4 Å². The third-order valence-corrected chi connectivity index (χ3v) is 4.90. The van der Waals surface area contributed by atoms with Gasteiger partial charge in [-0.05, 0) is 36.4 Å². The molecule has 3 aromatic rings. The molecule has 4 rings (SSSR count). The number of hydrogen-bond donors (Lipinski definition) is 0. The van der Waals surface area contributed by atoms with Gasteiger partial charge in [-0.1, -0.05) is 12.1 Å². The van der Waals surface area contributed by atoms with E-state index in [1.165, 1.54) is 23.9 Å². The number of imidazole rings is 1. The molecular formula is C17H14FN3OS. The van der Waals surface area contributed by atoms with Gasteiger partial charge in [0, 0.05) is 18.0 Å². The minimum atomic E-state index is -0.270. The minimum absolute atomic E-state index is 0.0216. The summed E-state index contributed by atoms with van der Waals surface area (Å²) in [5.41, 5.74) is 1.97. The first kappa shape index (κ1) is 14.3. The molecule has 1 amide bonds. The van der Waals surface area contributed by atoms with E-state index in [2.05, 4.69) is 9.55 Å². The third-order valence-electron chi connectivity index (χ3n) is 3.90. The van der Waals surface area contributed by atoms with E-state index in [0.29, 0.717) is 12.3 Å². The highest BCUT2D eigenvalue weighted by molar-refractivity contribution is 8.00. The molecule has 6 heteroatoms. The number of anilines is 1. The highest BCUT2D eigenvalue weighted by Crippen LogP contribution is 2.28. The maximum absolute atomic E-state index is 12.9. The van der Waals surface area contributed by atoms with Crippen molar-refractivity contribution in [1.29, 1.82) is 0 Å². The number of fused-ring (bicyclic) bond motifs is 3. The predicted molar refractivity (Wildman–Crippen MR) is 89.2 cm³/mol. The lowest BCUT2D eigenvalue weighted by Gasteiger charge is -2.13. The Morgan fingerprint density at radius 2 is 1.91 bits per heavy atom. The highest BCUT2D eigenvalue weighted by atomic mass is 32.2. The largest absolute Gasteiger partial charge is 0.308 e. The average Bonchev–Trinajstić information content (AvgIpc) is 3.13. The Morgan fingerprint density at radius 3 is 2.74 bits per heavy atom. The monoisotopic (exact) mass is 327 g/mol. The number of thioether (sulfide) groups is 1. The van der Waals surface area contributed by atoms with E-state index in [0.717, 1.165) is 28.4 Å². The molecular weight excluding hydrogens is 313 g/mol. The van der Waals surface area contributed by atoms with Gasteiger partial charge in [0.25, 0.3) is 0 Å². The van der Waals surface area contributed by atoms with Gasteiger partial charge in [-0.25, -0.2) is 9.37 Å². The van der Waals surface area contributed by atoms with Crippen LogP contribution in [-0.4, -0.2) is 27.8 Å². The summed E-state index contributed by atoms with van der Waals surface area (Å²) < 4.78 is 15.0. The SMILES string of the molecule is O=C(CSc1ccc(F)cc1)N1CCn2c1nc1ccccc12. The van der Waals surface area contributed by atoms with Crippen LogP contribution in [-0.2, 0) is 11.3 Å². The molecule has 0 atom stereocenters. The molecule has 0 radical (unpaired) electrons. The Balaban J connectivity index is 1.51. The molecule has 4 nitrogen and oxygen atoms in total. The molecule has 1 aliphatic heterocycles. The Morgan fingerprint density at radius 1 is 1.13 bits per heavy atom. The summed E-state index contributed by atoms with van der Waals surface area (Å²) in [5, 5.41) is 0. The second-order valence-corrected chi connectivity index (χ2v) is 6.39. The zero-order valence-corrected chi connectivity index (χ0v) is 13.1. The average molecular weight is 327 g/mol. The van der Waals surface area contributed by atoms with E-state index in [1.807, 2.05) is 24.3 Å². The molecule has 0 saturated carbocycles. The quantitative estimate of drug-likeness (QED) is 0.693. The van der Waals surface area contributed by atoms with Gasteiger partial charge in [0.05, 0.1) is 16.8 Å². The fourth-order valence-electron chi connectivity index (χ4n) is 2.78. The summed E-state index contributed by atoms with van der Waals surface area (Å²) >= 11 is 1.41. The molecule has 0 saturated heterocycles. The van der Waals surface area contributed by atoms with Crippen LogP contribution in [0.25, 0.3) is 11.0 Å². The molecule has 116 valence electrons. The Hall–Kier alpha value is -2.34. The number of para-hydroxylation sites is 2. The number of carbonyl (C=O) groups excluding carboxylic acids is 1. The smallest absolute Gasteiger partial charge is 0.239 e. The normalized spacial score (nSPS) is 13.5. The summed E-state index contributed by atoms with van der Waals surface area (Å²) in [6.45, 7) is 1.42. The van der Waals surface area contributed by atoms with Gasteiger partial charge in [0.1, 0.15) is 5.82 Å². The molecule has 2 heterocycles. The number of aromatic nitrogens is 2. The zero-order chi connectivity index (χ0) is 15.8. The van der Waals surface area contributed by atoms with E-state index in [-0.39, 0.29) is 11.7 Å². The summed E-state index contributed by atoms with van der Waals surface area (Å²) in [4.78, 5) is 19.7. The molecule has 23 heavy (non-hydrogen) atoms. The van der Waals surface area contributed by atoms with E-state index < -0.39 is 0 Å². The summed E-state index contributed by atoms with van der Waals surface area (Å²) in [6.07, 6.45) is 0. The fraction of sp³-hybridized carbons (Fsp3) is 0.176. The van der Waals surface area contributed by atoms with Crippen molar-refractivity contribution in [1.82, 2.24) is 9.55 Å². The van der Waals surface area contributed by atoms with Crippen LogP contribution in [0.4, 0.5) is 10.3 Å². The van der Waals surface area contributed by atoms with E-state index in [4.69, 9.17) is 0 Å². The van der Waals surface area contributed by atoms with Gasteiger partial charge >= 0.3 is 0 Å². The van der Waals surface area contributed by atoms with Crippen molar-refractivity contribution in [2.24, 2.45) is 0 Å². The van der Waals surface area contributed by atoms with Crippen LogP contribution in [0, 0.1) is 5.82 Å². The summed E-state index contributed by atoms with van der Waals surface area (Å²) in [7, 11) is 0. The van der Waals surface area contributed by atoms with Crippen LogP contribution >= 0.6 is 11.8 Å². The van der Waals surface area contributed by atoms with Crippen LogP contribution in [0.5, 0.6) is 0 Å². The van der Waals surface area contributed by atoms with Gasteiger partial charge in [-0.15, -0.1) is 11.8 Å². The maximum Gasteiger partial charge on any atom is 0.239 e. The molecule has 0 fully saturated rings. The van der Waals surface area contributed by atoms with Gasteiger partial charge in [-0.3, -0.25) is 9.69 Å². The molecule has 0 unspecified atom stereocenters. The number of halogens is 1. The minimum Gasteiger partial charge on any atom is -0.308 e. The molecule has 0 aliphatic carbocycles. The first-order valence-electron chi connectivity index (χ1n) is 7.36. The first-order valence-corrected chi connectivity index (χ1v) is 8.35. The number of rotatable bonds is 3. The molecule has 0 spiro atoms. The van der Waals surface area contributed by atoms with Crippen molar-refractivity contribution in [3.63, 3.8) is 0 Å². The van der Waals surface area contributed by atoms with Crippen molar-refractivity contribution in [2.45, 2.75) is 11.4 Å². The number of benzene rings is 2. The number of carbonyl (C=O) groups is 1. The number of amides is 1. The van der Waals surface area contributed by atoms with Gasteiger partial charge < -0.3 is 4.57 Å². The van der Waals surface area contributed by atoms with E-state index in [1.54, 1.807) is 17.0 Å². The van der Waals surface area contributed by atoms with Crippen LogP contribution in [0.2, 0.25) is 0 Å². The van der Waals surface area contributed by atoms with Gasteiger partial charge in [0.15, 0.2) is 0 Å². The fourth-order valence-corrected chi connectivity index (χ4v) is 3.55. The lowest BCUT2D eigenvalue weighted by atomic mass is 10.3. The van der Waals surface area contributed by atoms with E-state index in [9.17, 15) is 9.18 Å². The molecule has 1 aromatic heterocycles. The standard InChI is InChI=1S/C17H14FN3OS/c18-12-5-7-13(8-6-12)23-11-16(22)21-10-9-20-15-4-2-1-3-14(15)19-17(20)21/h1-8H,9-11H2. The van der Waals surface area contributed by atoms with Crippen molar-refractivity contribution in [2.75, 3.05) is 17.2 Å². The first-order chi connectivity index (χ1) is 11.2. The van der Waals surface area contributed by atoms with Crippen LogP contribution in [0.3, 0.4) is 0 Å². The summed E-state index contributed by atoms with van der Waals surface area (Å²) in [6, 6.07) is 14.1. The second kappa shape index (κ2) is 5.70. The van der Waals surface area contributed by atoms with Gasteiger partial charge in [0.2, 0.25) is 11.9 Å². The zero-order valence-electron chi connectivity index (χ0n) is 12.3. The van der Waals surface area contributed by atoms with Gasteiger partial charge in [-0.2, -0.15) is 0 Å². The van der Waals surface area contributed by atoms with Crippen molar-refractivity contribution < 1.29 is 9.18 Å². The highest BCUT2D eigenvalue weighted by Gasteiger charge is 2.27. The Labute approximate surface area is 136 Å². The molecule has 0 N–H and O–H groups in total.